The quantitative estimate of drug-likeness (QED) is 0.760. The lowest BCUT2D eigenvalue weighted by atomic mass is 10.1. The van der Waals surface area contributed by atoms with Crippen molar-refractivity contribution in [1.82, 2.24) is 4.31 Å². The lowest BCUT2D eigenvalue weighted by molar-refractivity contribution is 0.0600. The van der Waals surface area contributed by atoms with Gasteiger partial charge < -0.3 is 10.1 Å². The molecule has 0 saturated heterocycles. The molecule has 0 spiro atoms. The molecule has 144 valence electrons. The highest BCUT2D eigenvalue weighted by Crippen LogP contribution is 2.19. The topological polar surface area (TPSA) is 96.0 Å². The number of amides is 1. The largest absolute Gasteiger partial charge is 0.465 e. The molecular formula is C18H21N3O5S. The summed E-state index contributed by atoms with van der Waals surface area (Å²) in [7, 11) is 2.02. The summed E-state index contributed by atoms with van der Waals surface area (Å²) in [6.45, 7) is 0. The van der Waals surface area contributed by atoms with Crippen LogP contribution in [0.25, 0.3) is 0 Å². The Balaban J connectivity index is 2.11. The number of hydrogen-bond acceptors (Lipinski definition) is 5. The van der Waals surface area contributed by atoms with E-state index in [-0.39, 0.29) is 5.91 Å². The maximum Gasteiger partial charge on any atom is 0.337 e. The third-order valence-electron chi connectivity index (χ3n) is 3.86. The van der Waals surface area contributed by atoms with Gasteiger partial charge >= 0.3 is 16.2 Å². The standard InChI is InChI=1S/C18H21N3O5S/c1-20(2)27(24,25)21(3)16-11-7-13(8-12-16)17(22)19-15-9-5-14(6-10-15)18(23)26-4/h5-12H,1-4H3,(H,19,22). The zero-order valence-electron chi connectivity index (χ0n) is 15.5. The van der Waals surface area contributed by atoms with Crippen molar-refractivity contribution in [2.24, 2.45) is 0 Å². The molecular weight excluding hydrogens is 370 g/mol. The lowest BCUT2D eigenvalue weighted by Gasteiger charge is -2.23. The molecule has 2 rings (SSSR count). The number of rotatable bonds is 6. The van der Waals surface area contributed by atoms with Crippen LogP contribution in [0.15, 0.2) is 48.5 Å². The number of benzene rings is 2. The first-order valence-corrected chi connectivity index (χ1v) is 9.32. The Morgan fingerprint density at radius 1 is 0.889 bits per heavy atom. The molecule has 0 fully saturated rings. The smallest absolute Gasteiger partial charge is 0.337 e. The molecule has 0 heterocycles. The zero-order valence-corrected chi connectivity index (χ0v) is 16.3. The van der Waals surface area contributed by atoms with Crippen molar-refractivity contribution in [3.05, 3.63) is 59.7 Å². The van der Waals surface area contributed by atoms with Crippen LogP contribution in [-0.2, 0) is 14.9 Å². The predicted octanol–water partition coefficient (Wildman–Crippen LogP) is 1.97. The van der Waals surface area contributed by atoms with Crippen molar-refractivity contribution in [2.45, 2.75) is 0 Å². The van der Waals surface area contributed by atoms with Crippen molar-refractivity contribution in [3.8, 4) is 0 Å². The number of ether oxygens (including phenoxy) is 1. The number of nitrogens with one attached hydrogen (secondary N) is 1. The van der Waals surface area contributed by atoms with Gasteiger partial charge in [0, 0.05) is 32.4 Å². The SMILES string of the molecule is COC(=O)c1ccc(NC(=O)c2ccc(N(C)S(=O)(=O)N(C)C)cc2)cc1. The van der Waals surface area contributed by atoms with Gasteiger partial charge in [-0.05, 0) is 48.5 Å². The molecule has 0 aliphatic rings. The van der Waals surface area contributed by atoms with E-state index in [0.717, 1.165) is 8.61 Å². The number of carbonyl (C=O) groups is 2. The highest BCUT2D eigenvalue weighted by atomic mass is 32.2. The van der Waals surface area contributed by atoms with Crippen molar-refractivity contribution in [3.63, 3.8) is 0 Å². The van der Waals surface area contributed by atoms with E-state index in [9.17, 15) is 18.0 Å². The van der Waals surface area contributed by atoms with E-state index in [1.807, 2.05) is 0 Å². The third kappa shape index (κ3) is 4.63. The van der Waals surface area contributed by atoms with Crippen LogP contribution >= 0.6 is 0 Å². The molecule has 2 aromatic rings. The first-order valence-electron chi connectivity index (χ1n) is 7.93. The lowest BCUT2D eigenvalue weighted by Crippen LogP contribution is -2.37. The molecule has 0 aromatic heterocycles. The van der Waals surface area contributed by atoms with Crippen LogP contribution in [-0.4, -0.2) is 52.9 Å². The van der Waals surface area contributed by atoms with Crippen molar-refractivity contribution >= 4 is 33.5 Å². The monoisotopic (exact) mass is 391 g/mol. The van der Waals surface area contributed by atoms with Gasteiger partial charge in [-0.2, -0.15) is 12.7 Å². The fourth-order valence-electron chi connectivity index (χ4n) is 2.21. The van der Waals surface area contributed by atoms with E-state index in [2.05, 4.69) is 10.1 Å². The fraction of sp³-hybridized carbons (Fsp3) is 0.222. The normalized spacial score (nSPS) is 11.1. The summed E-state index contributed by atoms with van der Waals surface area (Å²) < 4.78 is 31.1. The summed E-state index contributed by atoms with van der Waals surface area (Å²) in [5.41, 5.74) is 1.70. The Morgan fingerprint density at radius 2 is 1.41 bits per heavy atom. The van der Waals surface area contributed by atoms with E-state index in [1.54, 1.807) is 36.4 Å². The van der Waals surface area contributed by atoms with Gasteiger partial charge in [0.05, 0.1) is 18.4 Å². The molecule has 0 saturated carbocycles. The Morgan fingerprint density at radius 3 is 1.89 bits per heavy atom. The summed E-state index contributed by atoms with van der Waals surface area (Å²) in [6.07, 6.45) is 0. The van der Waals surface area contributed by atoms with Gasteiger partial charge in [0.15, 0.2) is 0 Å². The maximum atomic E-state index is 12.3. The second kappa shape index (κ2) is 8.19. The Bertz CT molecular complexity index is 922. The van der Waals surface area contributed by atoms with Crippen LogP contribution in [0.5, 0.6) is 0 Å². The van der Waals surface area contributed by atoms with Gasteiger partial charge in [0.25, 0.3) is 5.91 Å². The van der Waals surface area contributed by atoms with Crippen LogP contribution in [0.3, 0.4) is 0 Å². The summed E-state index contributed by atoms with van der Waals surface area (Å²) in [5, 5.41) is 2.71. The number of methoxy groups -OCH3 is 1. The number of anilines is 2. The first kappa shape index (κ1) is 20.4. The number of nitrogens with zero attached hydrogens (tertiary/aromatic N) is 2. The van der Waals surface area contributed by atoms with E-state index >= 15 is 0 Å². The zero-order chi connectivity index (χ0) is 20.2. The van der Waals surface area contributed by atoms with Gasteiger partial charge in [0.2, 0.25) is 0 Å². The van der Waals surface area contributed by atoms with Gasteiger partial charge in [0.1, 0.15) is 0 Å². The highest BCUT2D eigenvalue weighted by molar-refractivity contribution is 7.90. The minimum atomic E-state index is -3.60. The van der Waals surface area contributed by atoms with E-state index in [0.29, 0.717) is 22.5 Å². The molecule has 0 unspecified atom stereocenters. The third-order valence-corrected chi connectivity index (χ3v) is 5.69. The second-order valence-corrected chi connectivity index (χ2v) is 8.00. The van der Waals surface area contributed by atoms with Crippen LogP contribution in [0.1, 0.15) is 20.7 Å². The molecule has 1 N–H and O–H groups in total. The van der Waals surface area contributed by atoms with Crippen molar-refractivity contribution < 1.29 is 22.7 Å². The summed E-state index contributed by atoms with van der Waals surface area (Å²) in [5.74, 6) is -0.814. The first-order chi connectivity index (χ1) is 12.7. The predicted molar refractivity (Wildman–Crippen MR) is 103 cm³/mol. The Hall–Kier alpha value is -2.91. The minimum Gasteiger partial charge on any atom is -0.465 e. The molecule has 2 aromatic carbocycles. The summed E-state index contributed by atoms with van der Waals surface area (Å²) in [4.78, 5) is 23.7. The fourth-order valence-corrected chi connectivity index (χ4v) is 3.09. The van der Waals surface area contributed by atoms with Crippen LogP contribution in [0.4, 0.5) is 11.4 Å². The number of esters is 1. The van der Waals surface area contributed by atoms with Crippen molar-refractivity contribution in [1.29, 1.82) is 0 Å². The molecule has 0 radical (unpaired) electrons. The molecule has 27 heavy (non-hydrogen) atoms. The van der Waals surface area contributed by atoms with Crippen molar-refractivity contribution in [2.75, 3.05) is 37.9 Å². The minimum absolute atomic E-state index is 0.356. The van der Waals surface area contributed by atoms with Gasteiger partial charge in [-0.25, -0.2) is 4.79 Å². The molecule has 0 atom stereocenters. The number of hydrogen-bond donors (Lipinski definition) is 1. The highest BCUT2D eigenvalue weighted by Gasteiger charge is 2.21. The second-order valence-electron chi connectivity index (χ2n) is 5.83. The Kier molecular flexibility index (Phi) is 6.19. The molecule has 8 nitrogen and oxygen atoms in total. The summed E-state index contributed by atoms with van der Waals surface area (Å²) in [6, 6.07) is 12.5. The van der Waals surface area contributed by atoms with Gasteiger partial charge in [-0.15, -0.1) is 0 Å². The van der Waals surface area contributed by atoms with Gasteiger partial charge in [-0.3, -0.25) is 9.10 Å². The van der Waals surface area contributed by atoms with E-state index in [1.165, 1.54) is 40.4 Å². The molecule has 0 aliphatic carbocycles. The Labute approximate surface area is 158 Å². The molecule has 9 heteroatoms. The maximum absolute atomic E-state index is 12.3. The molecule has 1 amide bonds. The van der Waals surface area contributed by atoms with E-state index in [4.69, 9.17) is 0 Å². The summed E-state index contributed by atoms with van der Waals surface area (Å²) >= 11 is 0. The average molecular weight is 391 g/mol. The van der Waals surface area contributed by atoms with Crippen LogP contribution in [0, 0.1) is 0 Å². The van der Waals surface area contributed by atoms with Crippen LogP contribution in [0.2, 0.25) is 0 Å². The molecule has 0 aliphatic heterocycles. The number of carbonyl (C=O) groups excluding carboxylic acids is 2. The molecule has 0 bridgehead atoms. The van der Waals surface area contributed by atoms with Gasteiger partial charge in [-0.1, -0.05) is 0 Å². The van der Waals surface area contributed by atoms with E-state index < -0.39 is 16.2 Å². The van der Waals surface area contributed by atoms with Crippen LogP contribution < -0.4 is 9.62 Å². The average Bonchev–Trinajstić information content (AvgIpc) is 2.67.